The predicted molar refractivity (Wildman–Crippen MR) is 99.4 cm³/mol. The van der Waals surface area contributed by atoms with Crippen LogP contribution in [-0.2, 0) is 12.8 Å². The van der Waals surface area contributed by atoms with Crippen molar-refractivity contribution in [2.75, 3.05) is 0 Å². The van der Waals surface area contributed by atoms with E-state index in [1.165, 1.54) is 24.8 Å². The zero-order valence-electron chi connectivity index (χ0n) is 13.7. The summed E-state index contributed by atoms with van der Waals surface area (Å²) in [6.45, 7) is 2.35. The lowest BCUT2D eigenvalue weighted by Gasteiger charge is -2.45. The molecular formula is C21H26ClN. The summed E-state index contributed by atoms with van der Waals surface area (Å²) in [6, 6.07) is 21.3. The van der Waals surface area contributed by atoms with Crippen LogP contribution in [-0.4, -0.2) is 12.1 Å². The Kier molecular flexibility index (Phi) is 5.08. The molecule has 1 saturated heterocycles. The van der Waals surface area contributed by atoms with E-state index in [9.17, 15) is 0 Å². The summed E-state index contributed by atoms with van der Waals surface area (Å²) in [5.41, 5.74) is 4.69. The predicted octanol–water partition coefficient (Wildman–Crippen LogP) is 4.75. The average Bonchev–Trinajstić information content (AvgIpc) is 2.55. The molecule has 4 unspecified atom stereocenters. The molecule has 4 atom stereocenters. The van der Waals surface area contributed by atoms with Gasteiger partial charge in [0, 0.05) is 12.1 Å². The van der Waals surface area contributed by atoms with Crippen molar-refractivity contribution in [2.24, 2.45) is 5.92 Å². The summed E-state index contributed by atoms with van der Waals surface area (Å²) in [5, 5.41) is 3.89. The SMILES string of the molecule is CC1CC2c3ccccc3CCC2C(Cc2ccccc2)N1.Cl. The third kappa shape index (κ3) is 3.32. The van der Waals surface area contributed by atoms with Crippen LogP contribution in [0.2, 0.25) is 0 Å². The Bertz CT molecular complexity index is 639. The van der Waals surface area contributed by atoms with Gasteiger partial charge in [0.1, 0.15) is 0 Å². The molecule has 0 radical (unpaired) electrons. The Hall–Kier alpha value is -1.31. The van der Waals surface area contributed by atoms with Crippen molar-refractivity contribution in [1.29, 1.82) is 0 Å². The molecule has 0 aromatic heterocycles. The lowest BCUT2D eigenvalue weighted by molar-refractivity contribution is 0.183. The Morgan fingerprint density at radius 2 is 1.74 bits per heavy atom. The second-order valence-electron chi connectivity index (χ2n) is 7.11. The van der Waals surface area contributed by atoms with E-state index < -0.39 is 0 Å². The zero-order chi connectivity index (χ0) is 14.9. The molecular weight excluding hydrogens is 302 g/mol. The second-order valence-corrected chi connectivity index (χ2v) is 7.11. The first-order valence-corrected chi connectivity index (χ1v) is 8.69. The number of fused-ring (bicyclic) bond motifs is 3. The molecule has 122 valence electrons. The molecule has 1 aliphatic heterocycles. The van der Waals surface area contributed by atoms with Crippen molar-refractivity contribution in [3.8, 4) is 0 Å². The molecule has 2 aromatic rings. The topological polar surface area (TPSA) is 12.0 Å². The highest BCUT2D eigenvalue weighted by molar-refractivity contribution is 5.85. The van der Waals surface area contributed by atoms with Crippen LogP contribution < -0.4 is 5.32 Å². The van der Waals surface area contributed by atoms with Crippen LogP contribution in [0.1, 0.15) is 42.4 Å². The fourth-order valence-electron chi connectivity index (χ4n) is 4.68. The number of aryl methyl sites for hydroxylation is 1. The number of nitrogens with one attached hydrogen (secondary N) is 1. The quantitative estimate of drug-likeness (QED) is 0.839. The number of rotatable bonds is 2. The summed E-state index contributed by atoms with van der Waals surface area (Å²) in [7, 11) is 0. The fraction of sp³-hybridized carbons (Fsp3) is 0.429. The van der Waals surface area contributed by atoms with E-state index >= 15 is 0 Å². The van der Waals surface area contributed by atoms with Crippen molar-refractivity contribution < 1.29 is 0 Å². The first-order valence-electron chi connectivity index (χ1n) is 8.69. The molecule has 1 nitrogen and oxygen atoms in total. The first-order chi connectivity index (χ1) is 10.8. The van der Waals surface area contributed by atoms with Crippen molar-refractivity contribution in [3.05, 3.63) is 71.3 Å². The van der Waals surface area contributed by atoms with Crippen LogP contribution in [0.5, 0.6) is 0 Å². The Morgan fingerprint density at radius 1 is 1.00 bits per heavy atom. The van der Waals surface area contributed by atoms with E-state index in [0.717, 1.165) is 18.3 Å². The molecule has 0 spiro atoms. The molecule has 1 aliphatic carbocycles. The molecule has 4 rings (SSSR count). The maximum absolute atomic E-state index is 3.89. The smallest absolute Gasteiger partial charge is 0.0144 e. The monoisotopic (exact) mass is 327 g/mol. The van der Waals surface area contributed by atoms with Gasteiger partial charge >= 0.3 is 0 Å². The highest BCUT2D eigenvalue weighted by atomic mass is 35.5. The van der Waals surface area contributed by atoms with Gasteiger partial charge < -0.3 is 5.32 Å². The van der Waals surface area contributed by atoms with Gasteiger partial charge in [0.2, 0.25) is 0 Å². The lowest BCUT2D eigenvalue weighted by atomic mass is 9.66. The van der Waals surface area contributed by atoms with Crippen LogP contribution in [0.4, 0.5) is 0 Å². The molecule has 1 N–H and O–H groups in total. The number of hydrogen-bond acceptors (Lipinski definition) is 1. The summed E-state index contributed by atoms with van der Waals surface area (Å²) in [5.74, 6) is 1.53. The summed E-state index contributed by atoms with van der Waals surface area (Å²) < 4.78 is 0. The van der Waals surface area contributed by atoms with Gasteiger partial charge in [-0.1, -0.05) is 54.6 Å². The molecule has 23 heavy (non-hydrogen) atoms. The van der Waals surface area contributed by atoms with Gasteiger partial charge in [-0.15, -0.1) is 12.4 Å². The largest absolute Gasteiger partial charge is 0.311 e. The van der Waals surface area contributed by atoms with Gasteiger partial charge in [0.25, 0.3) is 0 Å². The summed E-state index contributed by atoms with van der Waals surface area (Å²) in [6.07, 6.45) is 5.03. The standard InChI is InChI=1S/C21H25N.ClH/c1-15-13-20-18-10-6-5-9-17(18)11-12-19(20)21(22-15)14-16-7-3-2-4-8-16;/h2-10,15,19-22H,11-14H2,1H3;1H. The van der Waals surface area contributed by atoms with Gasteiger partial charge in [0.15, 0.2) is 0 Å². The maximum Gasteiger partial charge on any atom is 0.0144 e. The number of halogens is 1. The molecule has 2 aromatic carbocycles. The van der Waals surface area contributed by atoms with Crippen molar-refractivity contribution >= 4 is 12.4 Å². The van der Waals surface area contributed by atoms with Gasteiger partial charge in [-0.3, -0.25) is 0 Å². The van der Waals surface area contributed by atoms with Crippen LogP contribution in [0.25, 0.3) is 0 Å². The normalized spacial score (nSPS) is 29.1. The number of piperidine rings is 1. The maximum atomic E-state index is 3.89. The fourth-order valence-corrected chi connectivity index (χ4v) is 4.68. The van der Waals surface area contributed by atoms with E-state index in [-0.39, 0.29) is 12.4 Å². The highest BCUT2D eigenvalue weighted by Crippen LogP contribution is 2.43. The molecule has 1 fully saturated rings. The Labute approximate surface area is 145 Å². The zero-order valence-corrected chi connectivity index (χ0v) is 14.6. The molecule has 2 heteroatoms. The van der Waals surface area contributed by atoms with Crippen molar-refractivity contribution in [3.63, 3.8) is 0 Å². The van der Waals surface area contributed by atoms with E-state index in [2.05, 4.69) is 66.8 Å². The van der Waals surface area contributed by atoms with Gasteiger partial charge in [0.05, 0.1) is 0 Å². The minimum absolute atomic E-state index is 0. The van der Waals surface area contributed by atoms with E-state index in [1.54, 1.807) is 11.1 Å². The highest BCUT2D eigenvalue weighted by Gasteiger charge is 2.39. The van der Waals surface area contributed by atoms with Gasteiger partial charge in [-0.05, 0) is 61.1 Å². The Morgan fingerprint density at radius 3 is 2.57 bits per heavy atom. The van der Waals surface area contributed by atoms with Crippen LogP contribution in [0.15, 0.2) is 54.6 Å². The molecule has 1 heterocycles. The molecule has 0 bridgehead atoms. The van der Waals surface area contributed by atoms with E-state index in [1.807, 2.05) is 0 Å². The van der Waals surface area contributed by atoms with Gasteiger partial charge in [-0.25, -0.2) is 0 Å². The average molecular weight is 328 g/mol. The van der Waals surface area contributed by atoms with Crippen LogP contribution in [0.3, 0.4) is 0 Å². The lowest BCUT2D eigenvalue weighted by Crippen LogP contribution is -2.52. The van der Waals surface area contributed by atoms with Crippen LogP contribution >= 0.6 is 12.4 Å². The number of hydrogen-bond donors (Lipinski definition) is 1. The minimum Gasteiger partial charge on any atom is -0.311 e. The summed E-state index contributed by atoms with van der Waals surface area (Å²) in [4.78, 5) is 0. The van der Waals surface area contributed by atoms with Crippen molar-refractivity contribution in [2.45, 2.75) is 50.6 Å². The third-order valence-corrected chi connectivity index (χ3v) is 5.64. The first kappa shape index (κ1) is 16.5. The minimum atomic E-state index is 0. The molecule has 2 aliphatic rings. The number of benzene rings is 2. The van der Waals surface area contributed by atoms with E-state index in [4.69, 9.17) is 0 Å². The van der Waals surface area contributed by atoms with Crippen LogP contribution in [0, 0.1) is 5.92 Å². The second kappa shape index (κ2) is 7.07. The third-order valence-electron chi connectivity index (χ3n) is 5.64. The van der Waals surface area contributed by atoms with Gasteiger partial charge in [-0.2, -0.15) is 0 Å². The summed E-state index contributed by atoms with van der Waals surface area (Å²) >= 11 is 0. The van der Waals surface area contributed by atoms with E-state index in [0.29, 0.717) is 12.1 Å². The molecule has 0 amide bonds. The van der Waals surface area contributed by atoms with Crippen molar-refractivity contribution in [1.82, 2.24) is 5.32 Å². The molecule has 0 saturated carbocycles. The Balaban J connectivity index is 0.00000156.